The predicted octanol–water partition coefficient (Wildman–Crippen LogP) is 4.44. The molecule has 172 valence electrons. The van der Waals surface area contributed by atoms with Crippen LogP contribution in [0.15, 0.2) is 48.8 Å². The summed E-state index contributed by atoms with van der Waals surface area (Å²) < 4.78 is 0. The van der Waals surface area contributed by atoms with Crippen molar-refractivity contribution in [3.8, 4) is 0 Å². The standard InChI is InChI=1S/C24H29N7O2/c1-15-7-8-16(20(32)28-18-11-9-17(10-12-18)24(2,3)4)13-19(15)29-23(33)31(6)22-27-14-26-21(25-5)30-22/h7-14H,1-6H3,(H,28,32)(H,29,33)(H,25,26,27,30). The van der Waals surface area contributed by atoms with Gasteiger partial charge < -0.3 is 16.0 Å². The van der Waals surface area contributed by atoms with E-state index in [1.807, 2.05) is 31.2 Å². The number of aromatic nitrogens is 3. The first-order valence-electron chi connectivity index (χ1n) is 10.5. The molecule has 1 heterocycles. The highest BCUT2D eigenvalue weighted by atomic mass is 16.2. The summed E-state index contributed by atoms with van der Waals surface area (Å²) in [6, 6.07) is 12.5. The normalized spacial score (nSPS) is 11.0. The molecule has 2 aromatic carbocycles. The first kappa shape index (κ1) is 23.6. The van der Waals surface area contributed by atoms with Gasteiger partial charge in [-0.2, -0.15) is 4.98 Å². The van der Waals surface area contributed by atoms with Crippen molar-refractivity contribution in [2.75, 3.05) is 34.9 Å². The van der Waals surface area contributed by atoms with Gasteiger partial charge in [0.2, 0.25) is 11.9 Å². The van der Waals surface area contributed by atoms with E-state index in [1.54, 1.807) is 32.3 Å². The molecule has 0 atom stereocenters. The highest BCUT2D eigenvalue weighted by Crippen LogP contribution is 2.24. The Bertz CT molecular complexity index is 1150. The lowest BCUT2D eigenvalue weighted by Gasteiger charge is -2.19. The Balaban J connectivity index is 1.73. The maximum atomic E-state index is 12.8. The first-order chi connectivity index (χ1) is 15.6. The van der Waals surface area contributed by atoms with Crippen LogP contribution in [0.4, 0.5) is 28.1 Å². The fraction of sp³-hybridized carbons (Fsp3) is 0.292. The molecule has 33 heavy (non-hydrogen) atoms. The van der Waals surface area contributed by atoms with Crippen LogP contribution in [0, 0.1) is 6.92 Å². The van der Waals surface area contributed by atoms with Crippen LogP contribution in [0.1, 0.15) is 42.3 Å². The Labute approximate surface area is 193 Å². The van der Waals surface area contributed by atoms with Crippen LogP contribution in [0.5, 0.6) is 0 Å². The molecule has 3 amide bonds. The average Bonchev–Trinajstić information content (AvgIpc) is 2.79. The second-order valence-electron chi connectivity index (χ2n) is 8.66. The van der Waals surface area contributed by atoms with Gasteiger partial charge >= 0.3 is 6.03 Å². The Morgan fingerprint density at radius 3 is 2.30 bits per heavy atom. The van der Waals surface area contributed by atoms with E-state index in [2.05, 4.69) is 51.7 Å². The van der Waals surface area contributed by atoms with Crippen molar-refractivity contribution in [2.24, 2.45) is 0 Å². The lowest BCUT2D eigenvalue weighted by Crippen LogP contribution is -2.33. The molecule has 9 heteroatoms. The SMILES string of the molecule is CNc1ncnc(N(C)C(=O)Nc2cc(C(=O)Nc3ccc(C(C)(C)C)cc3)ccc2C)n1. The second kappa shape index (κ2) is 9.64. The van der Waals surface area contributed by atoms with Gasteiger partial charge in [-0.15, -0.1) is 0 Å². The summed E-state index contributed by atoms with van der Waals surface area (Å²) in [5.41, 5.74) is 3.69. The zero-order chi connectivity index (χ0) is 24.2. The van der Waals surface area contributed by atoms with Crippen molar-refractivity contribution >= 4 is 35.2 Å². The molecule has 1 aromatic heterocycles. The fourth-order valence-electron chi connectivity index (χ4n) is 3.01. The van der Waals surface area contributed by atoms with Gasteiger partial charge in [0.25, 0.3) is 5.91 Å². The molecule has 9 nitrogen and oxygen atoms in total. The molecular weight excluding hydrogens is 418 g/mol. The van der Waals surface area contributed by atoms with E-state index in [0.29, 0.717) is 22.9 Å². The molecule has 0 saturated carbocycles. The van der Waals surface area contributed by atoms with E-state index in [-0.39, 0.29) is 17.3 Å². The molecule has 0 saturated heterocycles. The van der Waals surface area contributed by atoms with E-state index >= 15 is 0 Å². The largest absolute Gasteiger partial charge is 0.357 e. The first-order valence-corrected chi connectivity index (χ1v) is 10.5. The van der Waals surface area contributed by atoms with Crippen molar-refractivity contribution in [3.63, 3.8) is 0 Å². The number of anilines is 4. The maximum absolute atomic E-state index is 12.8. The maximum Gasteiger partial charge on any atom is 0.328 e. The van der Waals surface area contributed by atoms with Gasteiger partial charge in [-0.1, -0.05) is 39.0 Å². The third kappa shape index (κ3) is 5.82. The van der Waals surface area contributed by atoms with Crippen molar-refractivity contribution in [2.45, 2.75) is 33.1 Å². The average molecular weight is 448 g/mol. The minimum atomic E-state index is -0.443. The van der Waals surface area contributed by atoms with Crippen molar-refractivity contribution in [1.82, 2.24) is 15.0 Å². The highest BCUT2D eigenvalue weighted by Gasteiger charge is 2.17. The molecule has 0 aliphatic heterocycles. The number of aryl methyl sites for hydroxylation is 1. The van der Waals surface area contributed by atoms with Crippen LogP contribution < -0.4 is 20.9 Å². The summed E-state index contributed by atoms with van der Waals surface area (Å²) in [6.07, 6.45) is 1.32. The predicted molar refractivity (Wildman–Crippen MR) is 131 cm³/mol. The number of nitrogens with one attached hydrogen (secondary N) is 3. The molecule has 3 aromatic rings. The van der Waals surface area contributed by atoms with Crippen molar-refractivity contribution < 1.29 is 9.59 Å². The minimum Gasteiger partial charge on any atom is -0.357 e. The van der Waals surface area contributed by atoms with E-state index in [4.69, 9.17) is 0 Å². The quantitative estimate of drug-likeness (QED) is 0.533. The molecule has 3 N–H and O–H groups in total. The molecular formula is C24H29N7O2. The molecule has 0 bridgehead atoms. The molecule has 0 aliphatic carbocycles. The van der Waals surface area contributed by atoms with Crippen molar-refractivity contribution in [1.29, 1.82) is 0 Å². The highest BCUT2D eigenvalue weighted by molar-refractivity contribution is 6.06. The van der Waals surface area contributed by atoms with Crippen LogP contribution >= 0.6 is 0 Å². The van der Waals surface area contributed by atoms with Gasteiger partial charge in [0.1, 0.15) is 6.33 Å². The zero-order valence-corrected chi connectivity index (χ0v) is 19.7. The molecule has 0 unspecified atom stereocenters. The third-order valence-corrected chi connectivity index (χ3v) is 5.14. The summed E-state index contributed by atoms with van der Waals surface area (Å²) in [6.45, 7) is 8.27. The Kier molecular flexibility index (Phi) is 6.91. The molecule has 0 fully saturated rings. The van der Waals surface area contributed by atoms with Gasteiger partial charge in [-0.05, 0) is 47.7 Å². The number of urea groups is 1. The van der Waals surface area contributed by atoms with Crippen LogP contribution in [-0.2, 0) is 5.41 Å². The van der Waals surface area contributed by atoms with E-state index in [0.717, 1.165) is 5.56 Å². The monoisotopic (exact) mass is 447 g/mol. The number of carbonyl (C=O) groups is 2. The third-order valence-electron chi connectivity index (χ3n) is 5.14. The Morgan fingerprint density at radius 1 is 0.970 bits per heavy atom. The summed E-state index contributed by atoms with van der Waals surface area (Å²) in [7, 11) is 3.23. The van der Waals surface area contributed by atoms with Crippen LogP contribution in [-0.4, -0.2) is 41.0 Å². The summed E-state index contributed by atoms with van der Waals surface area (Å²) in [5, 5.41) is 8.52. The van der Waals surface area contributed by atoms with Gasteiger partial charge in [0.05, 0.1) is 0 Å². The van der Waals surface area contributed by atoms with E-state index < -0.39 is 6.03 Å². The Hall–Kier alpha value is -4.01. The molecule has 0 aliphatic rings. The van der Waals surface area contributed by atoms with Crippen molar-refractivity contribution in [3.05, 3.63) is 65.5 Å². The van der Waals surface area contributed by atoms with Crippen LogP contribution in [0.2, 0.25) is 0 Å². The summed E-state index contributed by atoms with van der Waals surface area (Å²) in [5.74, 6) is 0.278. The van der Waals surface area contributed by atoms with E-state index in [9.17, 15) is 9.59 Å². The number of amides is 3. The molecule has 0 radical (unpaired) electrons. The second-order valence-corrected chi connectivity index (χ2v) is 8.66. The smallest absolute Gasteiger partial charge is 0.328 e. The van der Waals surface area contributed by atoms with Gasteiger partial charge in [-0.3, -0.25) is 9.69 Å². The number of rotatable bonds is 5. The Morgan fingerprint density at radius 2 is 1.67 bits per heavy atom. The zero-order valence-electron chi connectivity index (χ0n) is 19.7. The number of hydrogen-bond acceptors (Lipinski definition) is 6. The summed E-state index contributed by atoms with van der Waals surface area (Å²) in [4.78, 5) is 38.9. The van der Waals surface area contributed by atoms with Crippen LogP contribution in [0.3, 0.4) is 0 Å². The van der Waals surface area contributed by atoms with Gasteiger partial charge in [-0.25, -0.2) is 14.8 Å². The van der Waals surface area contributed by atoms with Gasteiger partial charge in [0, 0.05) is 31.0 Å². The number of nitrogens with zero attached hydrogens (tertiary/aromatic N) is 4. The molecule has 0 spiro atoms. The van der Waals surface area contributed by atoms with E-state index in [1.165, 1.54) is 16.8 Å². The minimum absolute atomic E-state index is 0.0374. The molecule has 3 rings (SSSR count). The lowest BCUT2D eigenvalue weighted by atomic mass is 9.87. The lowest BCUT2D eigenvalue weighted by molar-refractivity contribution is 0.102. The number of benzene rings is 2. The fourth-order valence-corrected chi connectivity index (χ4v) is 3.01. The number of hydrogen-bond donors (Lipinski definition) is 3. The van der Waals surface area contributed by atoms with Gasteiger partial charge in [0.15, 0.2) is 0 Å². The topological polar surface area (TPSA) is 112 Å². The number of carbonyl (C=O) groups excluding carboxylic acids is 2. The summed E-state index contributed by atoms with van der Waals surface area (Å²) >= 11 is 0. The van der Waals surface area contributed by atoms with Crippen LogP contribution in [0.25, 0.3) is 0 Å².